The molecule has 2 aromatic carbocycles. The number of methoxy groups -OCH3 is 1. The molecule has 4 rings (SSSR count). The highest BCUT2D eigenvalue weighted by Crippen LogP contribution is 2.29. The molecule has 0 unspecified atom stereocenters. The molecule has 3 aromatic rings. The van der Waals surface area contributed by atoms with Crippen LogP contribution in [0.2, 0.25) is 0 Å². The van der Waals surface area contributed by atoms with Crippen LogP contribution in [0.1, 0.15) is 37.5 Å². The molecule has 1 aliphatic heterocycles. The van der Waals surface area contributed by atoms with Gasteiger partial charge in [0.15, 0.2) is 0 Å². The van der Waals surface area contributed by atoms with Gasteiger partial charge in [-0.05, 0) is 42.5 Å². The number of carbonyl (C=O) groups is 2. The molecular weight excluding hydrogens is 342 g/mol. The molecule has 134 valence electrons. The van der Waals surface area contributed by atoms with Gasteiger partial charge in [-0.15, -0.1) is 0 Å². The van der Waals surface area contributed by atoms with Crippen LogP contribution in [0.5, 0.6) is 0 Å². The van der Waals surface area contributed by atoms with Crippen molar-refractivity contribution < 1.29 is 14.3 Å². The van der Waals surface area contributed by atoms with Crippen molar-refractivity contribution in [2.45, 2.75) is 13.0 Å². The molecule has 0 radical (unpaired) electrons. The zero-order chi connectivity index (χ0) is 19.0. The summed E-state index contributed by atoms with van der Waals surface area (Å²) in [5.41, 5.74) is 4.65. The Kier molecular flexibility index (Phi) is 4.13. The summed E-state index contributed by atoms with van der Waals surface area (Å²) < 4.78 is 4.81. The molecule has 2 heterocycles. The van der Waals surface area contributed by atoms with E-state index in [1.54, 1.807) is 35.2 Å². The zero-order valence-corrected chi connectivity index (χ0v) is 14.8. The number of hydrogen-bond donors (Lipinski definition) is 1. The Morgan fingerprint density at radius 1 is 1.15 bits per heavy atom. The molecular formula is C21H17N3O3. The summed E-state index contributed by atoms with van der Waals surface area (Å²) in [6.07, 6.45) is 0.722. The average molecular weight is 359 g/mol. The summed E-state index contributed by atoms with van der Waals surface area (Å²) in [5.74, 6) is -0.447. The summed E-state index contributed by atoms with van der Waals surface area (Å²) in [7, 11) is 1.36. The predicted octanol–water partition coefficient (Wildman–Crippen LogP) is 3.02. The van der Waals surface area contributed by atoms with Crippen LogP contribution in [0.15, 0.2) is 42.5 Å². The van der Waals surface area contributed by atoms with Crippen LogP contribution in [0.3, 0.4) is 0 Å². The smallest absolute Gasteiger partial charge is 0.337 e. The van der Waals surface area contributed by atoms with E-state index in [0.29, 0.717) is 29.8 Å². The van der Waals surface area contributed by atoms with Crippen molar-refractivity contribution in [3.63, 3.8) is 0 Å². The quantitative estimate of drug-likeness (QED) is 0.713. The highest BCUT2D eigenvalue weighted by molar-refractivity contribution is 5.97. The first-order chi connectivity index (χ1) is 13.1. The summed E-state index contributed by atoms with van der Waals surface area (Å²) in [5, 5.41) is 9.83. The van der Waals surface area contributed by atoms with E-state index in [1.165, 1.54) is 7.11 Å². The maximum absolute atomic E-state index is 12.8. The van der Waals surface area contributed by atoms with Gasteiger partial charge >= 0.3 is 5.97 Å². The minimum atomic E-state index is -0.381. The first kappa shape index (κ1) is 16.9. The molecule has 0 atom stereocenters. The molecule has 1 amide bonds. The van der Waals surface area contributed by atoms with Gasteiger partial charge in [-0.1, -0.05) is 0 Å². The van der Waals surface area contributed by atoms with Gasteiger partial charge in [0.1, 0.15) is 0 Å². The first-order valence-corrected chi connectivity index (χ1v) is 8.62. The molecule has 0 bridgehead atoms. The Bertz CT molecular complexity index is 1090. The number of nitrogens with one attached hydrogen (secondary N) is 1. The summed E-state index contributed by atoms with van der Waals surface area (Å²) in [6.45, 7) is 1.08. The SMILES string of the molecule is COC(=O)c1ccc2[nH]c3c(c2c1)CN(C(=O)c1ccc(C#N)cc1)CC3. The standard InChI is InChI=1S/C21H17N3O3/c1-27-21(26)15-6-7-18-16(10-15)17-12-24(9-8-19(17)23-18)20(25)14-4-2-13(11-22)3-5-14/h2-7,10,23H,8-9,12H2,1H3. The molecule has 1 N–H and O–H groups in total. The third-order valence-electron chi connectivity index (χ3n) is 4.94. The maximum Gasteiger partial charge on any atom is 0.337 e. The highest BCUT2D eigenvalue weighted by atomic mass is 16.5. The van der Waals surface area contributed by atoms with E-state index in [0.717, 1.165) is 28.6 Å². The minimum absolute atomic E-state index is 0.0661. The van der Waals surface area contributed by atoms with Gasteiger partial charge in [-0.3, -0.25) is 4.79 Å². The van der Waals surface area contributed by atoms with Crippen molar-refractivity contribution in [1.29, 1.82) is 5.26 Å². The molecule has 6 nitrogen and oxygen atoms in total. The second-order valence-corrected chi connectivity index (χ2v) is 6.50. The highest BCUT2D eigenvalue weighted by Gasteiger charge is 2.25. The monoisotopic (exact) mass is 359 g/mol. The Morgan fingerprint density at radius 2 is 1.89 bits per heavy atom. The third-order valence-corrected chi connectivity index (χ3v) is 4.94. The Balaban J connectivity index is 1.66. The van der Waals surface area contributed by atoms with Crippen LogP contribution in [0.4, 0.5) is 0 Å². The van der Waals surface area contributed by atoms with Crippen molar-refractivity contribution in [2.24, 2.45) is 0 Å². The molecule has 1 aromatic heterocycles. The van der Waals surface area contributed by atoms with Crippen molar-refractivity contribution in [2.75, 3.05) is 13.7 Å². The minimum Gasteiger partial charge on any atom is -0.465 e. The Labute approximate surface area is 156 Å². The van der Waals surface area contributed by atoms with Crippen LogP contribution in [0, 0.1) is 11.3 Å². The molecule has 0 fully saturated rings. The zero-order valence-electron chi connectivity index (χ0n) is 14.8. The lowest BCUT2D eigenvalue weighted by Gasteiger charge is -2.27. The molecule has 0 spiro atoms. The number of nitrogens with zero attached hydrogens (tertiary/aromatic N) is 2. The van der Waals surface area contributed by atoms with E-state index >= 15 is 0 Å². The van der Waals surface area contributed by atoms with E-state index in [1.807, 2.05) is 12.1 Å². The van der Waals surface area contributed by atoms with E-state index in [9.17, 15) is 9.59 Å². The van der Waals surface area contributed by atoms with Gasteiger partial charge in [0.25, 0.3) is 5.91 Å². The van der Waals surface area contributed by atoms with Gasteiger partial charge in [-0.2, -0.15) is 5.26 Å². The molecule has 1 aliphatic rings. The normalized spacial score (nSPS) is 13.1. The fourth-order valence-electron chi connectivity index (χ4n) is 3.50. The lowest BCUT2D eigenvalue weighted by molar-refractivity contribution is 0.0600. The van der Waals surface area contributed by atoms with Gasteiger partial charge in [-0.25, -0.2) is 4.79 Å². The number of aromatic nitrogens is 1. The second kappa shape index (κ2) is 6.61. The molecule has 27 heavy (non-hydrogen) atoms. The van der Waals surface area contributed by atoms with E-state index in [4.69, 9.17) is 10.00 Å². The first-order valence-electron chi connectivity index (χ1n) is 8.62. The molecule has 0 saturated carbocycles. The Hall–Kier alpha value is -3.59. The topological polar surface area (TPSA) is 86.2 Å². The van der Waals surface area contributed by atoms with Crippen LogP contribution < -0.4 is 0 Å². The van der Waals surface area contributed by atoms with Gasteiger partial charge < -0.3 is 14.6 Å². The number of hydrogen-bond acceptors (Lipinski definition) is 4. The van der Waals surface area contributed by atoms with Gasteiger partial charge in [0, 0.05) is 47.2 Å². The fourth-order valence-corrected chi connectivity index (χ4v) is 3.50. The predicted molar refractivity (Wildman–Crippen MR) is 99.2 cm³/mol. The summed E-state index contributed by atoms with van der Waals surface area (Å²) >= 11 is 0. The third kappa shape index (κ3) is 2.93. The van der Waals surface area contributed by atoms with Crippen molar-refractivity contribution in [1.82, 2.24) is 9.88 Å². The molecule has 0 saturated heterocycles. The van der Waals surface area contributed by atoms with Crippen molar-refractivity contribution in [3.8, 4) is 6.07 Å². The van der Waals surface area contributed by atoms with Crippen LogP contribution in [-0.4, -0.2) is 35.4 Å². The van der Waals surface area contributed by atoms with Crippen molar-refractivity contribution >= 4 is 22.8 Å². The molecule has 6 heteroatoms. The number of amides is 1. The fraction of sp³-hybridized carbons (Fsp3) is 0.190. The lowest BCUT2D eigenvalue weighted by atomic mass is 10.0. The number of benzene rings is 2. The van der Waals surface area contributed by atoms with E-state index in [2.05, 4.69) is 11.1 Å². The van der Waals surface area contributed by atoms with Gasteiger partial charge in [0.05, 0.1) is 24.3 Å². The summed E-state index contributed by atoms with van der Waals surface area (Å²) in [6, 6.07) is 14.1. The number of H-pyrrole nitrogens is 1. The number of ether oxygens (including phenoxy) is 1. The largest absolute Gasteiger partial charge is 0.465 e. The Morgan fingerprint density at radius 3 is 2.59 bits per heavy atom. The maximum atomic E-state index is 12.8. The number of carbonyl (C=O) groups excluding carboxylic acids is 2. The number of rotatable bonds is 2. The van der Waals surface area contributed by atoms with E-state index < -0.39 is 0 Å². The summed E-state index contributed by atoms with van der Waals surface area (Å²) in [4.78, 5) is 29.9. The van der Waals surface area contributed by atoms with Gasteiger partial charge in [0.2, 0.25) is 0 Å². The average Bonchev–Trinajstić information content (AvgIpc) is 3.09. The van der Waals surface area contributed by atoms with Crippen LogP contribution in [0.25, 0.3) is 10.9 Å². The molecule has 0 aliphatic carbocycles. The number of esters is 1. The van der Waals surface area contributed by atoms with Crippen LogP contribution in [-0.2, 0) is 17.7 Å². The van der Waals surface area contributed by atoms with Crippen LogP contribution >= 0.6 is 0 Å². The van der Waals surface area contributed by atoms with E-state index in [-0.39, 0.29) is 11.9 Å². The number of nitriles is 1. The lowest BCUT2D eigenvalue weighted by Crippen LogP contribution is -2.35. The van der Waals surface area contributed by atoms with Crippen molar-refractivity contribution in [3.05, 3.63) is 70.4 Å². The number of aromatic amines is 1. The number of fused-ring (bicyclic) bond motifs is 3. The second-order valence-electron chi connectivity index (χ2n) is 6.50.